The molecule has 3 aromatic rings. The maximum absolute atomic E-state index is 13.4. The van der Waals surface area contributed by atoms with E-state index in [2.05, 4.69) is 5.32 Å². The van der Waals surface area contributed by atoms with Gasteiger partial charge in [0, 0.05) is 11.6 Å². The summed E-state index contributed by atoms with van der Waals surface area (Å²) in [7, 11) is 4.58. The van der Waals surface area contributed by atoms with Gasteiger partial charge in [-0.15, -0.1) is 0 Å². The smallest absolute Gasteiger partial charge is 0.278 e. The van der Waals surface area contributed by atoms with E-state index in [1.807, 2.05) is 0 Å². The van der Waals surface area contributed by atoms with Crippen LogP contribution in [-0.2, 0) is 16.1 Å². The number of benzene rings is 2. The number of carbonyl (C=O) groups excluding carboxylic acids is 2. The van der Waals surface area contributed by atoms with Crippen LogP contribution in [0.1, 0.15) is 11.3 Å². The standard InChI is InChI=1S/C24H22N2O6/c1-29-15-10-11-20(31-3)18(13-15)25-22-21(17-8-4-5-9-19(17)30-2)23(27)26(24(22)28)14-16-7-6-12-32-16/h4-13,25H,14H2,1-3H3. The van der Waals surface area contributed by atoms with E-state index in [1.54, 1.807) is 61.7 Å². The van der Waals surface area contributed by atoms with Crippen molar-refractivity contribution in [3.8, 4) is 17.2 Å². The van der Waals surface area contributed by atoms with E-state index >= 15 is 0 Å². The average molecular weight is 434 g/mol. The molecular weight excluding hydrogens is 412 g/mol. The molecule has 8 nitrogen and oxygen atoms in total. The second kappa shape index (κ2) is 8.89. The molecule has 0 saturated heterocycles. The minimum Gasteiger partial charge on any atom is -0.497 e. The molecule has 0 spiro atoms. The molecule has 1 aliphatic heterocycles. The first-order valence-electron chi connectivity index (χ1n) is 9.82. The first-order chi connectivity index (χ1) is 15.6. The fourth-order valence-electron chi connectivity index (χ4n) is 3.54. The van der Waals surface area contributed by atoms with Crippen LogP contribution in [-0.4, -0.2) is 38.0 Å². The molecule has 0 bridgehead atoms. The minimum atomic E-state index is -0.489. The molecule has 0 radical (unpaired) electrons. The van der Waals surface area contributed by atoms with Crippen molar-refractivity contribution in [2.24, 2.45) is 0 Å². The molecular formula is C24H22N2O6. The number of amides is 2. The van der Waals surface area contributed by atoms with E-state index in [1.165, 1.54) is 20.5 Å². The third-order valence-corrected chi connectivity index (χ3v) is 5.10. The van der Waals surface area contributed by atoms with Gasteiger partial charge in [0.1, 0.15) is 28.7 Å². The summed E-state index contributed by atoms with van der Waals surface area (Å²) in [4.78, 5) is 28.0. The van der Waals surface area contributed by atoms with Crippen molar-refractivity contribution in [2.75, 3.05) is 26.6 Å². The van der Waals surface area contributed by atoms with Gasteiger partial charge in [0.15, 0.2) is 0 Å². The number of ether oxygens (including phenoxy) is 3. The highest BCUT2D eigenvalue weighted by atomic mass is 16.5. The highest BCUT2D eigenvalue weighted by Crippen LogP contribution is 2.38. The molecule has 1 aromatic heterocycles. The van der Waals surface area contributed by atoms with Crippen molar-refractivity contribution in [1.82, 2.24) is 4.90 Å². The Morgan fingerprint density at radius 2 is 1.66 bits per heavy atom. The van der Waals surface area contributed by atoms with Crippen molar-refractivity contribution < 1.29 is 28.2 Å². The van der Waals surface area contributed by atoms with Gasteiger partial charge in [-0.1, -0.05) is 18.2 Å². The first kappa shape index (κ1) is 21.0. The molecule has 2 aromatic carbocycles. The molecule has 1 aliphatic rings. The SMILES string of the molecule is COc1ccc(OC)c(NC2=C(c3ccccc3OC)C(=O)N(Cc3ccco3)C2=O)c1. The number of rotatable bonds is 8. The summed E-state index contributed by atoms with van der Waals surface area (Å²) in [5.41, 5.74) is 1.29. The highest BCUT2D eigenvalue weighted by Gasteiger charge is 2.41. The van der Waals surface area contributed by atoms with Gasteiger partial charge in [0.2, 0.25) is 0 Å². The summed E-state index contributed by atoms with van der Waals surface area (Å²) in [6, 6.07) is 15.6. The second-order valence-corrected chi connectivity index (χ2v) is 6.92. The Bertz CT molecular complexity index is 1180. The lowest BCUT2D eigenvalue weighted by Gasteiger charge is -2.15. The highest BCUT2D eigenvalue weighted by molar-refractivity contribution is 6.37. The van der Waals surface area contributed by atoms with Crippen LogP contribution in [0.5, 0.6) is 17.2 Å². The lowest BCUT2D eigenvalue weighted by atomic mass is 10.0. The largest absolute Gasteiger partial charge is 0.497 e. The number of imide groups is 1. The minimum absolute atomic E-state index is 0.00371. The van der Waals surface area contributed by atoms with E-state index in [-0.39, 0.29) is 17.8 Å². The molecule has 164 valence electrons. The van der Waals surface area contributed by atoms with Crippen molar-refractivity contribution in [1.29, 1.82) is 0 Å². The Labute approximate surface area is 185 Å². The topological polar surface area (TPSA) is 90.2 Å². The third-order valence-electron chi connectivity index (χ3n) is 5.10. The van der Waals surface area contributed by atoms with Crippen LogP contribution in [0.2, 0.25) is 0 Å². The molecule has 8 heteroatoms. The van der Waals surface area contributed by atoms with Gasteiger partial charge >= 0.3 is 0 Å². The predicted octanol–water partition coefficient (Wildman–Crippen LogP) is 3.70. The zero-order valence-corrected chi connectivity index (χ0v) is 17.9. The molecule has 0 fully saturated rings. The number of carbonyl (C=O) groups is 2. The molecule has 0 saturated carbocycles. The number of anilines is 1. The lowest BCUT2D eigenvalue weighted by Crippen LogP contribution is -2.31. The maximum atomic E-state index is 13.4. The summed E-state index contributed by atoms with van der Waals surface area (Å²) < 4.78 is 21.5. The fourth-order valence-corrected chi connectivity index (χ4v) is 3.54. The number of furan rings is 1. The third kappa shape index (κ3) is 3.78. The summed E-state index contributed by atoms with van der Waals surface area (Å²) in [6.45, 7) is 0.00371. The van der Waals surface area contributed by atoms with Gasteiger partial charge in [-0.25, -0.2) is 0 Å². The lowest BCUT2D eigenvalue weighted by molar-refractivity contribution is -0.137. The number of methoxy groups -OCH3 is 3. The fraction of sp³-hybridized carbons (Fsp3) is 0.167. The summed E-state index contributed by atoms with van der Waals surface area (Å²) in [6.07, 6.45) is 1.50. The van der Waals surface area contributed by atoms with Gasteiger partial charge in [0.05, 0.1) is 45.4 Å². The monoisotopic (exact) mass is 434 g/mol. The van der Waals surface area contributed by atoms with Crippen LogP contribution >= 0.6 is 0 Å². The Morgan fingerprint density at radius 3 is 2.34 bits per heavy atom. The van der Waals surface area contributed by atoms with E-state index in [0.29, 0.717) is 34.3 Å². The summed E-state index contributed by atoms with van der Waals surface area (Å²) in [5.74, 6) is 1.07. The van der Waals surface area contributed by atoms with Crippen LogP contribution in [0.15, 0.2) is 71.0 Å². The van der Waals surface area contributed by atoms with E-state index in [9.17, 15) is 9.59 Å². The summed E-state index contributed by atoms with van der Waals surface area (Å²) in [5, 5.41) is 3.10. The van der Waals surface area contributed by atoms with Gasteiger partial charge < -0.3 is 23.9 Å². The van der Waals surface area contributed by atoms with Crippen LogP contribution in [0.4, 0.5) is 5.69 Å². The molecule has 1 N–H and O–H groups in total. The van der Waals surface area contributed by atoms with Crippen LogP contribution in [0, 0.1) is 0 Å². The Hall–Kier alpha value is -4.20. The summed E-state index contributed by atoms with van der Waals surface area (Å²) >= 11 is 0. The second-order valence-electron chi connectivity index (χ2n) is 6.92. The zero-order chi connectivity index (χ0) is 22.7. The number of hydrogen-bond acceptors (Lipinski definition) is 7. The Balaban J connectivity index is 1.83. The number of nitrogens with one attached hydrogen (secondary N) is 1. The Kier molecular flexibility index (Phi) is 5.85. The molecule has 2 heterocycles. The van der Waals surface area contributed by atoms with Crippen molar-refractivity contribution in [2.45, 2.75) is 6.54 Å². The average Bonchev–Trinajstić information content (AvgIpc) is 3.42. The first-order valence-corrected chi connectivity index (χ1v) is 9.82. The number of hydrogen-bond donors (Lipinski definition) is 1. The van der Waals surface area contributed by atoms with Crippen molar-refractivity contribution in [3.05, 3.63) is 77.9 Å². The zero-order valence-electron chi connectivity index (χ0n) is 17.9. The van der Waals surface area contributed by atoms with Crippen LogP contribution < -0.4 is 19.5 Å². The van der Waals surface area contributed by atoms with E-state index < -0.39 is 11.8 Å². The quantitative estimate of drug-likeness (QED) is 0.541. The van der Waals surface area contributed by atoms with Gasteiger partial charge in [0.25, 0.3) is 11.8 Å². The van der Waals surface area contributed by atoms with Crippen molar-refractivity contribution >= 4 is 23.1 Å². The van der Waals surface area contributed by atoms with E-state index in [4.69, 9.17) is 18.6 Å². The maximum Gasteiger partial charge on any atom is 0.278 e. The normalized spacial score (nSPS) is 13.5. The number of nitrogens with zero attached hydrogens (tertiary/aromatic N) is 1. The molecule has 0 unspecified atom stereocenters. The van der Waals surface area contributed by atoms with Gasteiger partial charge in [-0.2, -0.15) is 0 Å². The molecule has 32 heavy (non-hydrogen) atoms. The van der Waals surface area contributed by atoms with Crippen LogP contribution in [0.25, 0.3) is 5.57 Å². The predicted molar refractivity (Wildman–Crippen MR) is 117 cm³/mol. The van der Waals surface area contributed by atoms with Crippen LogP contribution in [0.3, 0.4) is 0 Å². The Morgan fingerprint density at radius 1 is 0.875 bits per heavy atom. The molecule has 0 atom stereocenters. The van der Waals surface area contributed by atoms with Gasteiger partial charge in [-0.3, -0.25) is 14.5 Å². The number of para-hydroxylation sites is 1. The molecule has 2 amide bonds. The molecule has 0 aliphatic carbocycles. The van der Waals surface area contributed by atoms with E-state index in [0.717, 1.165) is 4.90 Å². The molecule has 4 rings (SSSR count). The van der Waals surface area contributed by atoms with Crippen molar-refractivity contribution in [3.63, 3.8) is 0 Å². The van der Waals surface area contributed by atoms with Gasteiger partial charge in [-0.05, 0) is 30.3 Å².